The maximum Gasteiger partial charge on any atom is 0.224 e. The first-order valence-electron chi connectivity index (χ1n) is 5.52. The van der Waals surface area contributed by atoms with Crippen LogP contribution in [0.4, 0.5) is 10.2 Å². The molecule has 0 saturated heterocycles. The van der Waals surface area contributed by atoms with Crippen molar-refractivity contribution < 1.29 is 4.39 Å². The van der Waals surface area contributed by atoms with Crippen LogP contribution >= 0.6 is 11.6 Å². The minimum absolute atomic E-state index is 0.0413. The summed E-state index contributed by atoms with van der Waals surface area (Å²) in [4.78, 5) is 13.3. The molecule has 0 aliphatic rings. The Kier molecular flexibility index (Phi) is 4.04. The van der Waals surface area contributed by atoms with Crippen LogP contribution in [0.5, 0.6) is 0 Å². The van der Waals surface area contributed by atoms with Gasteiger partial charge in [-0.25, -0.2) is 9.37 Å². The number of hydrogen-bond donors (Lipinski definition) is 0. The average Bonchev–Trinajstić information content (AvgIpc) is 2.40. The van der Waals surface area contributed by atoms with Gasteiger partial charge in [-0.3, -0.25) is 4.98 Å². The molecule has 0 aliphatic carbocycles. The van der Waals surface area contributed by atoms with Crippen molar-refractivity contribution in [2.75, 3.05) is 11.4 Å². The Morgan fingerprint density at radius 1 is 1.33 bits per heavy atom. The van der Waals surface area contributed by atoms with Crippen LogP contribution in [-0.2, 0) is 6.54 Å². The lowest BCUT2D eigenvalue weighted by Gasteiger charge is -2.22. The van der Waals surface area contributed by atoms with Crippen LogP contribution < -0.4 is 4.90 Å². The second-order valence-corrected chi connectivity index (χ2v) is 4.02. The van der Waals surface area contributed by atoms with Crippen molar-refractivity contribution in [2.45, 2.75) is 13.5 Å². The summed E-state index contributed by atoms with van der Waals surface area (Å²) >= 11 is 5.70. The SMILES string of the molecule is CCN(Cc1ccncc1)c1nc(Cl)ncc1F. The van der Waals surface area contributed by atoms with E-state index in [1.54, 1.807) is 17.3 Å². The topological polar surface area (TPSA) is 41.9 Å². The normalized spacial score (nSPS) is 10.4. The highest BCUT2D eigenvalue weighted by Crippen LogP contribution is 2.19. The summed E-state index contributed by atoms with van der Waals surface area (Å²) in [6, 6.07) is 3.76. The lowest BCUT2D eigenvalue weighted by Crippen LogP contribution is -2.24. The molecule has 2 rings (SSSR count). The fraction of sp³-hybridized carbons (Fsp3) is 0.250. The molecule has 0 bridgehead atoms. The summed E-state index contributed by atoms with van der Waals surface area (Å²) in [7, 11) is 0. The van der Waals surface area contributed by atoms with Gasteiger partial charge in [0.25, 0.3) is 0 Å². The highest BCUT2D eigenvalue weighted by Gasteiger charge is 2.13. The van der Waals surface area contributed by atoms with E-state index < -0.39 is 5.82 Å². The van der Waals surface area contributed by atoms with Gasteiger partial charge in [0.1, 0.15) is 0 Å². The number of pyridine rings is 1. The van der Waals surface area contributed by atoms with Crippen molar-refractivity contribution in [1.82, 2.24) is 15.0 Å². The van der Waals surface area contributed by atoms with Gasteiger partial charge in [0.05, 0.1) is 6.20 Å². The molecule has 0 atom stereocenters. The van der Waals surface area contributed by atoms with Crippen molar-refractivity contribution in [2.24, 2.45) is 0 Å². The minimum Gasteiger partial charge on any atom is -0.350 e. The van der Waals surface area contributed by atoms with Gasteiger partial charge in [0, 0.05) is 25.5 Å². The van der Waals surface area contributed by atoms with Gasteiger partial charge in [-0.15, -0.1) is 0 Å². The smallest absolute Gasteiger partial charge is 0.224 e. The molecule has 6 heteroatoms. The van der Waals surface area contributed by atoms with Crippen LogP contribution in [0, 0.1) is 5.82 Å². The van der Waals surface area contributed by atoms with E-state index in [9.17, 15) is 4.39 Å². The van der Waals surface area contributed by atoms with Crippen LogP contribution in [0.25, 0.3) is 0 Å². The Morgan fingerprint density at radius 2 is 2.06 bits per heavy atom. The van der Waals surface area contributed by atoms with Crippen molar-refractivity contribution in [3.8, 4) is 0 Å². The van der Waals surface area contributed by atoms with E-state index >= 15 is 0 Å². The Morgan fingerprint density at radius 3 is 2.72 bits per heavy atom. The van der Waals surface area contributed by atoms with Gasteiger partial charge in [-0.05, 0) is 36.2 Å². The van der Waals surface area contributed by atoms with E-state index in [0.29, 0.717) is 13.1 Å². The van der Waals surface area contributed by atoms with E-state index in [4.69, 9.17) is 11.6 Å². The molecule has 2 heterocycles. The predicted octanol–water partition coefficient (Wildman–Crippen LogP) is 2.69. The molecule has 0 aliphatic heterocycles. The number of halogens is 2. The van der Waals surface area contributed by atoms with Crippen LogP contribution in [0.15, 0.2) is 30.7 Å². The fourth-order valence-corrected chi connectivity index (χ4v) is 1.73. The molecule has 0 saturated carbocycles. The third-order valence-electron chi connectivity index (χ3n) is 2.50. The third kappa shape index (κ3) is 2.92. The number of nitrogens with zero attached hydrogens (tertiary/aromatic N) is 4. The molecule has 94 valence electrons. The quantitative estimate of drug-likeness (QED) is 0.798. The largest absolute Gasteiger partial charge is 0.350 e. The molecular weight excluding hydrogens is 255 g/mol. The molecule has 0 amide bonds. The molecule has 2 aromatic rings. The highest BCUT2D eigenvalue weighted by molar-refractivity contribution is 6.28. The fourth-order valence-electron chi connectivity index (χ4n) is 1.60. The summed E-state index contributed by atoms with van der Waals surface area (Å²) in [5, 5.41) is 0.0413. The summed E-state index contributed by atoms with van der Waals surface area (Å²) in [5.41, 5.74) is 1.03. The summed E-state index contributed by atoms with van der Waals surface area (Å²) in [6.07, 6.45) is 4.48. The van der Waals surface area contributed by atoms with Gasteiger partial charge >= 0.3 is 0 Å². The van der Waals surface area contributed by atoms with Crippen LogP contribution in [0.2, 0.25) is 5.28 Å². The molecule has 0 unspecified atom stereocenters. The second kappa shape index (κ2) is 5.73. The van der Waals surface area contributed by atoms with Gasteiger partial charge in [-0.2, -0.15) is 4.98 Å². The van der Waals surface area contributed by atoms with Gasteiger partial charge in [0.2, 0.25) is 5.28 Å². The van der Waals surface area contributed by atoms with Crippen molar-refractivity contribution >= 4 is 17.4 Å². The van der Waals surface area contributed by atoms with Crippen molar-refractivity contribution in [1.29, 1.82) is 0 Å². The van der Waals surface area contributed by atoms with Gasteiger partial charge in [0.15, 0.2) is 11.6 Å². The molecule has 4 nitrogen and oxygen atoms in total. The van der Waals surface area contributed by atoms with Crippen molar-refractivity contribution in [3.05, 3.63) is 47.4 Å². The van der Waals surface area contributed by atoms with Gasteiger partial charge in [-0.1, -0.05) is 0 Å². The zero-order chi connectivity index (χ0) is 13.0. The van der Waals surface area contributed by atoms with Crippen molar-refractivity contribution in [3.63, 3.8) is 0 Å². The van der Waals surface area contributed by atoms with Crippen LogP contribution in [0.1, 0.15) is 12.5 Å². The Labute approximate surface area is 109 Å². The molecule has 0 N–H and O–H groups in total. The Hall–Kier alpha value is -1.75. The molecular formula is C12H12ClFN4. The Balaban J connectivity index is 2.26. The maximum absolute atomic E-state index is 13.7. The average molecular weight is 267 g/mol. The first-order chi connectivity index (χ1) is 8.70. The standard InChI is InChI=1S/C12H12ClFN4/c1-2-18(8-9-3-5-15-6-4-9)11-10(14)7-16-12(13)17-11/h3-7H,2,8H2,1H3. The molecule has 2 aromatic heterocycles. The zero-order valence-electron chi connectivity index (χ0n) is 9.85. The first kappa shape index (κ1) is 12.7. The lowest BCUT2D eigenvalue weighted by atomic mass is 10.2. The van der Waals surface area contributed by atoms with Crippen LogP contribution in [0.3, 0.4) is 0 Å². The lowest BCUT2D eigenvalue weighted by molar-refractivity contribution is 0.602. The van der Waals surface area contributed by atoms with E-state index in [2.05, 4.69) is 15.0 Å². The van der Waals surface area contributed by atoms with E-state index in [1.807, 2.05) is 19.1 Å². The predicted molar refractivity (Wildman–Crippen MR) is 68.0 cm³/mol. The third-order valence-corrected chi connectivity index (χ3v) is 2.68. The Bertz CT molecular complexity index is 521. The summed E-state index contributed by atoms with van der Waals surface area (Å²) in [6.45, 7) is 3.09. The molecule has 18 heavy (non-hydrogen) atoms. The first-order valence-corrected chi connectivity index (χ1v) is 5.90. The summed E-state index contributed by atoms with van der Waals surface area (Å²) in [5.74, 6) is -0.260. The second-order valence-electron chi connectivity index (χ2n) is 3.68. The molecule has 0 radical (unpaired) electrons. The molecule has 0 fully saturated rings. The highest BCUT2D eigenvalue weighted by atomic mass is 35.5. The number of rotatable bonds is 4. The maximum atomic E-state index is 13.7. The number of anilines is 1. The molecule has 0 spiro atoms. The minimum atomic E-state index is -0.477. The van der Waals surface area contributed by atoms with Crippen LogP contribution in [-0.4, -0.2) is 21.5 Å². The molecule has 0 aromatic carbocycles. The van der Waals surface area contributed by atoms with E-state index in [1.165, 1.54) is 0 Å². The van der Waals surface area contributed by atoms with Gasteiger partial charge < -0.3 is 4.90 Å². The van der Waals surface area contributed by atoms with E-state index in [0.717, 1.165) is 11.8 Å². The zero-order valence-corrected chi connectivity index (χ0v) is 10.6. The monoisotopic (exact) mass is 266 g/mol. The number of hydrogen-bond acceptors (Lipinski definition) is 4. The summed E-state index contributed by atoms with van der Waals surface area (Å²) < 4.78 is 13.7. The number of aromatic nitrogens is 3. The van der Waals surface area contributed by atoms with E-state index in [-0.39, 0.29) is 11.1 Å².